The van der Waals surface area contributed by atoms with E-state index in [9.17, 15) is 9.59 Å². The molecular weight excluding hydrogens is 262 g/mol. The minimum atomic E-state index is -1.07. The second-order valence-electron chi connectivity index (χ2n) is 4.63. The summed E-state index contributed by atoms with van der Waals surface area (Å²) in [4.78, 5) is 23.2. The van der Waals surface area contributed by atoms with Crippen LogP contribution in [0.15, 0.2) is 18.2 Å². The molecule has 1 unspecified atom stereocenters. The average molecular weight is 281 g/mol. The Balaban J connectivity index is 2.99. The predicted molar refractivity (Wildman–Crippen MR) is 73.3 cm³/mol. The standard InChI is InChI=1S/C14H19NO5/c1-8(2)12(14(17)18)15-13(16)9-5-10(19-3)7-11(6-9)20-4/h5-8,12H,1-4H3,(H,15,16)(H,17,18). The van der Waals surface area contributed by atoms with Crippen LogP contribution in [0.2, 0.25) is 0 Å². The molecule has 0 fully saturated rings. The Morgan fingerprint density at radius 1 is 1.10 bits per heavy atom. The molecule has 0 aliphatic rings. The Kier molecular flexibility index (Phi) is 5.37. The number of carboxylic acid groups (broad SMARTS) is 1. The second-order valence-corrected chi connectivity index (χ2v) is 4.63. The lowest BCUT2D eigenvalue weighted by atomic mass is 10.0. The van der Waals surface area contributed by atoms with E-state index >= 15 is 0 Å². The molecule has 6 nitrogen and oxygen atoms in total. The van der Waals surface area contributed by atoms with Crippen LogP contribution in [0, 0.1) is 5.92 Å². The van der Waals surface area contributed by atoms with Gasteiger partial charge in [0.05, 0.1) is 14.2 Å². The minimum absolute atomic E-state index is 0.219. The quantitative estimate of drug-likeness (QED) is 0.826. The third-order valence-electron chi connectivity index (χ3n) is 2.83. The van der Waals surface area contributed by atoms with Crippen molar-refractivity contribution in [3.05, 3.63) is 23.8 Å². The summed E-state index contributed by atoms with van der Waals surface area (Å²) >= 11 is 0. The van der Waals surface area contributed by atoms with Crippen LogP contribution < -0.4 is 14.8 Å². The van der Waals surface area contributed by atoms with Gasteiger partial charge in [0.15, 0.2) is 0 Å². The molecule has 110 valence electrons. The molecule has 1 rings (SSSR count). The highest BCUT2D eigenvalue weighted by Crippen LogP contribution is 2.22. The van der Waals surface area contributed by atoms with Crippen molar-refractivity contribution in [1.82, 2.24) is 5.32 Å². The molecule has 0 aliphatic heterocycles. The van der Waals surface area contributed by atoms with E-state index < -0.39 is 17.9 Å². The number of carboxylic acids is 1. The Labute approximate surface area is 117 Å². The number of carbonyl (C=O) groups excluding carboxylic acids is 1. The first-order chi connectivity index (χ1) is 9.38. The molecule has 1 aromatic carbocycles. The van der Waals surface area contributed by atoms with Crippen LogP contribution in [0.3, 0.4) is 0 Å². The molecule has 1 amide bonds. The maximum absolute atomic E-state index is 12.1. The average Bonchev–Trinajstić information content (AvgIpc) is 2.42. The lowest BCUT2D eigenvalue weighted by Gasteiger charge is -2.18. The lowest BCUT2D eigenvalue weighted by Crippen LogP contribution is -2.44. The van der Waals surface area contributed by atoms with E-state index in [1.54, 1.807) is 19.9 Å². The lowest BCUT2D eigenvalue weighted by molar-refractivity contribution is -0.140. The number of ether oxygens (including phenoxy) is 2. The van der Waals surface area contributed by atoms with Crippen molar-refractivity contribution in [1.29, 1.82) is 0 Å². The fourth-order valence-electron chi connectivity index (χ4n) is 1.68. The molecular formula is C14H19NO5. The number of rotatable bonds is 6. The normalized spacial score (nSPS) is 11.8. The van der Waals surface area contributed by atoms with Crippen LogP contribution in [-0.2, 0) is 4.79 Å². The topological polar surface area (TPSA) is 84.9 Å². The summed E-state index contributed by atoms with van der Waals surface area (Å²) in [5.74, 6) is -0.840. The summed E-state index contributed by atoms with van der Waals surface area (Å²) < 4.78 is 10.1. The first-order valence-electron chi connectivity index (χ1n) is 6.15. The van der Waals surface area contributed by atoms with Crippen molar-refractivity contribution in [2.24, 2.45) is 5.92 Å². The number of aliphatic carboxylic acids is 1. The summed E-state index contributed by atoms with van der Waals surface area (Å²) in [5, 5.41) is 11.6. The van der Waals surface area contributed by atoms with Gasteiger partial charge in [0, 0.05) is 11.6 Å². The largest absolute Gasteiger partial charge is 0.497 e. The van der Waals surface area contributed by atoms with E-state index in [0.29, 0.717) is 11.5 Å². The highest BCUT2D eigenvalue weighted by Gasteiger charge is 2.24. The third kappa shape index (κ3) is 3.88. The van der Waals surface area contributed by atoms with E-state index in [0.717, 1.165) is 0 Å². The van der Waals surface area contributed by atoms with E-state index in [1.165, 1.54) is 26.4 Å². The first-order valence-corrected chi connectivity index (χ1v) is 6.15. The van der Waals surface area contributed by atoms with Crippen molar-refractivity contribution in [2.75, 3.05) is 14.2 Å². The Hall–Kier alpha value is -2.24. The molecule has 2 N–H and O–H groups in total. The molecule has 0 saturated heterocycles. The van der Waals surface area contributed by atoms with Gasteiger partial charge in [-0.2, -0.15) is 0 Å². The number of carbonyl (C=O) groups is 2. The van der Waals surface area contributed by atoms with E-state index in [-0.39, 0.29) is 11.5 Å². The summed E-state index contributed by atoms with van der Waals surface area (Å²) in [6.45, 7) is 3.45. The Morgan fingerprint density at radius 3 is 1.95 bits per heavy atom. The fourth-order valence-corrected chi connectivity index (χ4v) is 1.68. The molecule has 1 atom stereocenters. The Morgan fingerprint density at radius 2 is 1.60 bits per heavy atom. The predicted octanol–water partition coefficient (Wildman–Crippen LogP) is 1.54. The van der Waals surface area contributed by atoms with Crippen molar-refractivity contribution in [3.8, 4) is 11.5 Å². The fraction of sp³-hybridized carbons (Fsp3) is 0.429. The van der Waals surface area contributed by atoms with E-state index in [1.807, 2.05) is 0 Å². The molecule has 0 spiro atoms. The minimum Gasteiger partial charge on any atom is -0.497 e. The van der Waals surface area contributed by atoms with Gasteiger partial charge in [-0.1, -0.05) is 13.8 Å². The van der Waals surface area contributed by atoms with Gasteiger partial charge >= 0.3 is 5.97 Å². The van der Waals surface area contributed by atoms with Gasteiger partial charge in [-0.3, -0.25) is 4.79 Å². The molecule has 0 aliphatic carbocycles. The second kappa shape index (κ2) is 6.79. The molecule has 1 aromatic rings. The summed E-state index contributed by atoms with van der Waals surface area (Å²) in [5.41, 5.74) is 0.285. The van der Waals surface area contributed by atoms with Crippen LogP contribution >= 0.6 is 0 Å². The van der Waals surface area contributed by atoms with Crippen molar-refractivity contribution < 1.29 is 24.2 Å². The SMILES string of the molecule is COc1cc(OC)cc(C(=O)NC(C(=O)O)C(C)C)c1. The van der Waals surface area contributed by atoms with Crippen LogP contribution in [0.1, 0.15) is 24.2 Å². The maximum atomic E-state index is 12.1. The number of amides is 1. The highest BCUT2D eigenvalue weighted by atomic mass is 16.5. The zero-order valence-electron chi connectivity index (χ0n) is 12.0. The van der Waals surface area contributed by atoms with Gasteiger partial charge in [0.2, 0.25) is 0 Å². The zero-order chi connectivity index (χ0) is 15.3. The smallest absolute Gasteiger partial charge is 0.326 e. The van der Waals surface area contributed by atoms with Gasteiger partial charge in [0.1, 0.15) is 17.5 Å². The summed E-state index contributed by atoms with van der Waals surface area (Å²) in [7, 11) is 2.95. The van der Waals surface area contributed by atoms with Gasteiger partial charge in [0.25, 0.3) is 5.91 Å². The van der Waals surface area contributed by atoms with Gasteiger partial charge < -0.3 is 19.9 Å². The molecule has 0 bridgehead atoms. The molecule has 0 radical (unpaired) electrons. The van der Waals surface area contributed by atoms with Crippen molar-refractivity contribution in [3.63, 3.8) is 0 Å². The van der Waals surface area contributed by atoms with Crippen molar-refractivity contribution in [2.45, 2.75) is 19.9 Å². The summed E-state index contributed by atoms with van der Waals surface area (Å²) in [6, 6.07) is 3.74. The molecule has 6 heteroatoms. The number of hydrogen-bond donors (Lipinski definition) is 2. The summed E-state index contributed by atoms with van der Waals surface area (Å²) in [6.07, 6.45) is 0. The van der Waals surface area contributed by atoms with E-state index in [2.05, 4.69) is 5.32 Å². The van der Waals surface area contributed by atoms with Gasteiger partial charge in [-0.25, -0.2) is 4.79 Å². The van der Waals surface area contributed by atoms with Crippen LogP contribution in [-0.4, -0.2) is 37.2 Å². The molecule has 0 heterocycles. The van der Waals surface area contributed by atoms with Crippen LogP contribution in [0.4, 0.5) is 0 Å². The first kappa shape index (κ1) is 15.8. The van der Waals surface area contributed by atoms with Crippen molar-refractivity contribution >= 4 is 11.9 Å². The van der Waals surface area contributed by atoms with Crippen LogP contribution in [0.5, 0.6) is 11.5 Å². The molecule has 0 saturated carbocycles. The van der Waals surface area contributed by atoms with E-state index in [4.69, 9.17) is 14.6 Å². The monoisotopic (exact) mass is 281 g/mol. The van der Waals surface area contributed by atoms with Gasteiger partial charge in [-0.05, 0) is 18.1 Å². The third-order valence-corrected chi connectivity index (χ3v) is 2.83. The number of benzene rings is 1. The molecule has 0 aromatic heterocycles. The number of nitrogens with one attached hydrogen (secondary N) is 1. The van der Waals surface area contributed by atoms with Crippen LogP contribution in [0.25, 0.3) is 0 Å². The molecule has 20 heavy (non-hydrogen) atoms. The highest BCUT2D eigenvalue weighted by molar-refractivity contribution is 5.97. The number of hydrogen-bond acceptors (Lipinski definition) is 4. The zero-order valence-corrected chi connectivity index (χ0v) is 12.0. The number of methoxy groups -OCH3 is 2. The Bertz CT molecular complexity index is 476. The van der Waals surface area contributed by atoms with Gasteiger partial charge in [-0.15, -0.1) is 0 Å². The maximum Gasteiger partial charge on any atom is 0.326 e.